The number of nitrogens with one attached hydrogen (secondary N) is 2. The first-order chi connectivity index (χ1) is 12.3. The van der Waals surface area contributed by atoms with Crippen LogP contribution >= 0.6 is 24.0 Å². The molecule has 0 aromatic carbocycles. The minimum atomic E-state index is 0. The summed E-state index contributed by atoms with van der Waals surface area (Å²) in [6.45, 7) is 6.28. The number of H-pyrrole nitrogens is 1. The minimum Gasteiger partial charge on any atom is -0.357 e. The number of rotatable bonds is 4. The normalized spacial score (nSPS) is 23.0. The molecule has 1 aliphatic heterocycles. The van der Waals surface area contributed by atoms with Crippen molar-refractivity contribution in [3.05, 3.63) is 30.1 Å². The van der Waals surface area contributed by atoms with Gasteiger partial charge in [-0.3, -0.25) is 4.99 Å². The lowest BCUT2D eigenvalue weighted by atomic mass is 9.82. The van der Waals surface area contributed by atoms with Gasteiger partial charge in [0.25, 0.3) is 0 Å². The number of halogens is 1. The fourth-order valence-electron chi connectivity index (χ4n) is 4.51. The van der Waals surface area contributed by atoms with Gasteiger partial charge in [0.05, 0.1) is 0 Å². The van der Waals surface area contributed by atoms with Gasteiger partial charge < -0.3 is 15.2 Å². The quantitative estimate of drug-likeness (QED) is 0.409. The molecule has 2 aliphatic rings. The number of fused-ring (bicyclic) bond motifs is 2. The Morgan fingerprint density at radius 1 is 1.31 bits per heavy atom. The molecule has 0 bridgehead atoms. The predicted molar refractivity (Wildman–Crippen MR) is 118 cm³/mol. The summed E-state index contributed by atoms with van der Waals surface area (Å²) in [5.74, 6) is 2.88. The Hall–Kier alpha value is -1.31. The molecule has 2 aromatic rings. The Morgan fingerprint density at radius 3 is 2.81 bits per heavy atom. The third-order valence-corrected chi connectivity index (χ3v) is 5.79. The summed E-state index contributed by atoms with van der Waals surface area (Å²) in [4.78, 5) is 15.1. The number of nitrogens with zero attached hydrogens (tertiary/aromatic N) is 3. The molecule has 5 nitrogen and oxygen atoms in total. The van der Waals surface area contributed by atoms with Gasteiger partial charge in [0.2, 0.25) is 0 Å². The van der Waals surface area contributed by atoms with Gasteiger partial charge in [-0.15, -0.1) is 24.0 Å². The van der Waals surface area contributed by atoms with Crippen LogP contribution in [0.25, 0.3) is 11.0 Å². The van der Waals surface area contributed by atoms with E-state index in [1.807, 2.05) is 12.3 Å². The maximum atomic E-state index is 4.93. The maximum absolute atomic E-state index is 4.93. The number of hydrogen-bond donors (Lipinski definition) is 2. The molecule has 2 N–H and O–H groups in total. The van der Waals surface area contributed by atoms with Crippen LogP contribution in [-0.4, -0.2) is 47.0 Å². The zero-order valence-electron chi connectivity index (χ0n) is 15.6. The number of aliphatic imine (C=N–C) groups is 1. The second kappa shape index (κ2) is 9.06. The van der Waals surface area contributed by atoms with Crippen LogP contribution in [0.2, 0.25) is 0 Å². The van der Waals surface area contributed by atoms with E-state index < -0.39 is 0 Å². The molecule has 0 spiro atoms. The SMILES string of the molecule is CCNC(=NCCc1c[nH]c2ncccc12)N1CC2CCCCC2C1.I. The van der Waals surface area contributed by atoms with E-state index in [-0.39, 0.29) is 24.0 Å². The first-order valence-corrected chi connectivity index (χ1v) is 9.79. The molecule has 2 aromatic heterocycles. The second-order valence-corrected chi connectivity index (χ2v) is 7.41. The molecule has 1 saturated carbocycles. The lowest BCUT2D eigenvalue weighted by Crippen LogP contribution is -2.40. The lowest BCUT2D eigenvalue weighted by molar-refractivity contribution is 0.299. The van der Waals surface area contributed by atoms with E-state index >= 15 is 0 Å². The van der Waals surface area contributed by atoms with E-state index in [1.54, 1.807) is 0 Å². The topological polar surface area (TPSA) is 56.3 Å². The van der Waals surface area contributed by atoms with Crippen molar-refractivity contribution in [2.24, 2.45) is 16.8 Å². The van der Waals surface area contributed by atoms with Crippen molar-refractivity contribution in [2.45, 2.75) is 39.0 Å². The predicted octanol–water partition coefficient (Wildman–Crippen LogP) is 3.81. The van der Waals surface area contributed by atoms with Crippen molar-refractivity contribution >= 4 is 41.0 Å². The molecule has 1 aliphatic carbocycles. The van der Waals surface area contributed by atoms with Crippen molar-refractivity contribution in [2.75, 3.05) is 26.2 Å². The summed E-state index contributed by atoms with van der Waals surface area (Å²) >= 11 is 0. The van der Waals surface area contributed by atoms with Crippen LogP contribution in [0.1, 0.15) is 38.2 Å². The Morgan fingerprint density at radius 2 is 2.08 bits per heavy atom. The van der Waals surface area contributed by atoms with Gasteiger partial charge >= 0.3 is 0 Å². The first kappa shape index (κ1) is 19.5. The zero-order chi connectivity index (χ0) is 17.1. The highest BCUT2D eigenvalue weighted by Gasteiger charge is 2.35. The van der Waals surface area contributed by atoms with Gasteiger partial charge in [-0.2, -0.15) is 0 Å². The molecule has 4 rings (SSSR count). The van der Waals surface area contributed by atoms with E-state index in [1.165, 1.54) is 49.7 Å². The average molecular weight is 467 g/mol. The minimum absolute atomic E-state index is 0. The zero-order valence-corrected chi connectivity index (χ0v) is 17.9. The van der Waals surface area contributed by atoms with Gasteiger partial charge in [0.15, 0.2) is 5.96 Å². The van der Waals surface area contributed by atoms with E-state index in [0.717, 1.165) is 43.0 Å². The third kappa shape index (κ3) is 4.15. The van der Waals surface area contributed by atoms with Crippen molar-refractivity contribution in [3.63, 3.8) is 0 Å². The molecule has 2 atom stereocenters. The molecule has 3 heterocycles. The number of guanidine groups is 1. The molecule has 6 heteroatoms. The highest BCUT2D eigenvalue weighted by molar-refractivity contribution is 14.0. The highest BCUT2D eigenvalue weighted by Crippen LogP contribution is 2.35. The fraction of sp³-hybridized carbons (Fsp3) is 0.600. The summed E-state index contributed by atoms with van der Waals surface area (Å²) in [6, 6.07) is 4.13. The van der Waals surface area contributed by atoms with Gasteiger partial charge in [-0.05, 0) is 55.7 Å². The van der Waals surface area contributed by atoms with Crippen LogP contribution in [0.3, 0.4) is 0 Å². The number of aromatic amines is 1. The lowest BCUT2D eigenvalue weighted by Gasteiger charge is -2.22. The Balaban J connectivity index is 0.00000196. The van der Waals surface area contributed by atoms with Crippen LogP contribution in [0, 0.1) is 11.8 Å². The monoisotopic (exact) mass is 467 g/mol. The van der Waals surface area contributed by atoms with E-state index in [4.69, 9.17) is 4.99 Å². The molecule has 0 radical (unpaired) electrons. The van der Waals surface area contributed by atoms with Crippen LogP contribution in [0.4, 0.5) is 0 Å². The molecule has 2 fully saturated rings. The summed E-state index contributed by atoms with van der Waals surface area (Å²) in [6.07, 6.45) is 10.5. The number of likely N-dealkylation sites (tertiary alicyclic amines) is 1. The average Bonchev–Trinajstić information content (AvgIpc) is 3.25. The second-order valence-electron chi connectivity index (χ2n) is 7.41. The summed E-state index contributed by atoms with van der Waals surface area (Å²) in [5, 5.41) is 4.72. The molecule has 1 saturated heterocycles. The molecule has 142 valence electrons. The highest BCUT2D eigenvalue weighted by atomic mass is 127. The third-order valence-electron chi connectivity index (χ3n) is 5.79. The Bertz CT molecular complexity index is 727. The summed E-state index contributed by atoms with van der Waals surface area (Å²) in [5.41, 5.74) is 2.27. The van der Waals surface area contributed by atoms with Crippen molar-refractivity contribution in [1.29, 1.82) is 0 Å². The molecular formula is C20H30IN5. The maximum Gasteiger partial charge on any atom is 0.193 e. The standard InChI is InChI=1S/C20H29N5.HI/c1-2-21-20(25-13-16-6-3-4-7-17(16)14-25)23-11-9-15-12-24-19-18(15)8-5-10-22-19;/h5,8,10,12,16-17H,2-4,6-7,9,11,13-14H2,1H3,(H,21,23)(H,22,24);1H. The van der Waals surface area contributed by atoms with Gasteiger partial charge in [-0.25, -0.2) is 4.98 Å². The number of aromatic nitrogens is 2. The van der Waals surface area contributed by atoms with Gasteiger partial charge in [0, 0.05) is 44.0 Å². The number of pyridine rings is 1. The van der Waals surface area contributed by atoms with E-state index in [0.29, 0.717) is 0 Å². The van der Waals surface area contributed by atoms with Crippen molar-refractivity contribution in [1.82, 2.24) is 20.2 Å². The van der Waals surface area contributed by atoms with E-state index in [2.05, 4.69) is 39.4 Å². The molecule has 0 amide bonds. The van der Waals surface area contributed by atoms with E-state index in [9.17, 15) is 0 Å². The number of hydrogen-bond acceptors (Lipinski definition) is 2. The fourth-order valence-corrected chi connectivity index (χ4v) is 4.51. The van der Waals surface area contributed by atoms with Crippen LogP contribution in [0.5, 0.6) is 0 Å². The molecule has 26 heavy (non-hydrogen) atoms. The summed E-state index contributed by atoms with van der Waals surface area (Å²) < 4.78 is 0. The Kier molecular flexibility index (Phi) is 6.78. The van der Waals surface area contributed by atoms with Crippen LogP contribution in [-0.2, 0) is 6.42 Å². The largest absolute Gasteiger partial charge is 0.357 e. The van der Waals surface area contributed by atoms with Crippen LogP contribution in [0.15, 0.2) is 29.5 Å². The first-order valence-electron chi connectivity index (χ1n) is 9.79. The Labute approximate surface area is 173 Å². The van der Waals surface area contributed by atoms with Crippen molar-refractivity contribution in [3.8, 4) is 0 Å². The van der Waals surface area contributed by atoms with Gasteiger partial charge in [0.1, 0.15) is 5.65 Å². The summed E-state index contributed by atoms with van der Waals surface area (Å²) in [7, 11) is 0. The van der Waals surface area contributed by atoms with Crippen LogP contribution < -0.4 is 5.32 Å². The van der Waals surface area contributed by atoms with Crippen molar-refractivity contribution < 1.29 is 0 Å². The molecule has 2 unspecified atom stereocenters. The molecular weight excluding hydrogens is 437 g/mol. The van der Waals surface area contributed by atoms with Gasteiger partial charge in [-0.1, -0.05) is 12.8 Å². The smallest absolute Gasteiger partial charge is 0.193 e.